The lowest BCUT2D eigenvalue weighted by Gasteiger charge is -2.31. The summed E-state index contributed by atoms with van der Waals surface area (Å²) >= 11 is 0. The molecule has 0 atom stereocenters. The van der Waals surface area contributed by atoms with Crippen molar-refractivity contribution < 1.29 is 19.1 Å². The molecular weight excluding hydrogens is 334 g/mol. The molecular formula is C19H23N3O4. The number of nitrogens with one attached hydrogen (secondary N) is 1. The van der Waals surface area contributed by atoms with Gasteiger partial charge in [-0.1, -0.05) is 6.42 Å². The molecule has 2 aliphatic heterocycles. The normalized spacial score (nSPS) is 20.4. The SMILES string of the molecule is O=C1COc2ccc(C(=O)N3CCCN(C(=O)C4CCC4)CC3)cc2N1. The van der Waals surface area contributed by atoms with Crippen molar-refractivity contribution in [1.82, 2.24) is 9.80 Å². The minimum absolute atomic E-state index is 0.00270. The van der Waals surface area contributed by atoms with Crippen molar-refractivity contribution in [3.63, 3.8) is 0 Å². The van der Waals surface area contributed by atoms with E-state index in [0.29, 0.717) is 43.2 Å². The van der Waals surface area contributed by atoms with Crippen molar-refractivity contribution in [1.29, 1.82) is 0 Å². The molecule has 2 heterocycles. The van der Waals surface area contributed by atoms with Gasteiger partial charge in [-0.15, -0.1) is 0 Å². The number of amides is 3. The molecule has 1 saturated heterocycles. The van der Waals surface area contributed by atoms with Crippen LogP contribution in [0.15, 0.2) is 18.2 Å². The Morgan fingerprint density at radius 1 is 1.04 bits per heavy atom. The van der Waals surface area contributed by atoms with Crippen molar-refractivity contribution in [3.05, 3.63) is 23.8 Å². The Morgan fingerprint density at radius 2 is 1.81 bits per heavy atom. The summed E-state index contributed by atoms with van der Waals surface area (Å²) in [6, 6.07) is 5.10. The molecule has 7 nitrogen and oxygen atoms in total. The molecule has 1 saturated carbocycles. The zero-order valence-corrected chi connectivity index (χ0v) is 14.7. The van der Waals surface area contributed by atoms with Crippen molar-refractivity contribution in [2.45, 2.75) is 25.7 Å². The van der Waals surface area contributed by atoms with Gasteiger partial charge in [-0.25, -0.2) is 0 Å². The molecule has 1 aromatic carbocycles. The Kier molecular flexibility index (Phi) is 4.53. The lowest BCUT2D eigenvalue weighted by molar-refractivity contribution is -0.138. The Labute approximate surface area is 152 Å². The van der Waals surface area contributed by atoms with E-state index in [1.165, 1.54) is 0 Å². The van der Waals surface area contributed by atoms with Crippen molar-refractivity contribution in [3.8, 4) is 5.75 Å². The molecule has 0 spiro atoms. The average Bonchev–Trinajstić information content (AvgIpc) is 2.85. The van der Waals surface area contributed by atoms with Gasteiger partial charge in [0.25, 0.3) is 11.8 Å². The quantitative estimate of drug-likeness (QED) is 0.870. The molecule has 2 fully saturated rings. The molecule has 0 radical (unpaired) electrons. The van der Waals surface area contributed by atoms with Crippen molar-refractivity contribution in [2.75, 3.05) is 38.1 Å². The number of fused-ring (bicyclic) bond motifs is 1. The van der Waals surface area contributed by atoms with E-state index in [9.17, 15) is 14.4 Å². The summed E-state index contributed by atoms with van der Waals surface area (Å²) in [6.07, 6.45) is 3.93. The average molecular weight is 357 g/mol. The fourth-order valence-electron chi connectivity index (χ4n) is 3.65. The van der Waals surface area contributed by atoms with E-state index < -0.39 is 0 Å². The minimum atomic E-state index is -0.220. The largest absolute Gasteiger partial charge is 0.482 e. The molecule has 1 aromatic rings. The summed E-state index contributed by atoms with van der Waals surface area (Å²) in [7, 11) is 0. The van der Waals surface area contributed by atoms with Gasteiger partial charge in [0.05, 0.1) is 5.69 Å². The molecule has 7 heteroatoms. The van der Waals surface area contributed by atoms with Gasteiger partial charge in [-0.3, -0.25) is 14.4 Å². The molecule has 0 unspecified atom stereocenters. The van der Waals surface area contributed by atoms with Crippen LogP contribution in [0.5, 0.6) is 5.75 Å². The van der Waals surface area contributed by atoms with Crippen LogP contribution in [0.3, 0.4) is 0 Å². The zero-order chi connectivity index (χ0) is 18.1. The van der Waals surface area contributed by atoms with E-state index in [0.717, 1.165) is 25.7 Å². The highest BCUT2D eigenvalue weighted by atomic mass is 16.5. The third-order valence-corrected chi connectivity index (χ3v) is 5.41. The van der Waals surface area contributed by atoms with Crippen LogP contribution < -0.4 is 10.1 Å². The van der Waals surface area contributed by atoms with Crippen molar-refractivity contribution in [2.24, 2.45) is 5.92 Å². The lowest BCUT2D eigenvalue weighted by atomic mass is 9.84. The van der Waals surface area contributed by atoms with Crippen LogP contribution in [-0.2, 0) is 9.59 Å². The second kappa shape index (κ2) is 6.97. The predicted octanol–water partition coefficient (Wildman–Crippen LogP) is 1.49. The highest BCUT2D eigenvalue weighted by Crippen LogP contribution is 2.30. The molecule has 1 aliphatic carbocycles. The Hall–Kier alpha value is -2.57. The van der Waals surface area contributed by atoms with E-state index in [1.54, 1.807) is 23.1 Å². The van der Waals surface area contributed by atoms with Crippen LogP contribution in [0, 0.1) is 5.92 Å². The molecule has 3 aliphatic rings. The third kappa shape index (κ3) is 3.25. The number of carbonyl (C=O) groups excluding carboxylic acids is 3. The number of nitrogens with zero attached hydrogens (tertiary/aromatic N) is 2. The molecule has 0 bridgehead atoms. The van der Waals surface area contributed by atoms with Gasteiger partial charge in [0.2, 0.25) is 5.91 Å². The number of benzene rings is 1. The van der Waals surface area contributed by atoms with Gasteiger partial charge >= 0.3 is 0 Å². The second-order valence-electron chi connectivity index (χ2n) is 7.15. The zero-order valence-electron chi connectivity index (χ0n) is 14.7. The van der Waals surface area contributed by atoms with Crippen LogP contribution in [0.25, 0.3) is 0 Å². The smallest absolute Gasteiger partial charge is 0.262 e. The Balaban J connectivity index is 1.42. The highest BCUT2D eigenvalue weighted by Gasteiger charge is 2.31. The number of hydrogen-bond acceptors (Lipinski definition) is 4. The maximum Gasteiger partial charge on any atom is 0.262 e. The lowest BCUT2D eigenvalue weighted by Crippen LogP contribution is -2.41. The predicted molar refractivity (Wildman–Crippen MR) is 95.0 cm³/mol. The van der Waals surface area contributed by atoms with E-state index in [-0.39, 0.29) is 30.2 Å². The van der Waals surface area contributed by atoms with Crippen LogP contribution >= 0.6 is 0 Å². The third-order valence-electron chi connectivity index (χ3n) is 5.41. The first kappa shape index (κ1) is 16.9. The monoisotopic (exact) mass is 357 g/mol. The molecule has 1 N–H and O–H groups in total. The van der Waals surface area contributed by atoms with Gasteiger partial charge in [0.1, 0.15) is 5.75 Å². The highest BCUT2D eigenvalue weighted by molar-refractivity contribution is 5.99. The fraction of sp³-hybridized carbons (Fsp3) is 0.526. The topological polar surface area (TPSA) is 79.0 Å². The Morgan fingerprint density at radius 3 is 2.58 bits per heavy atom. The van der Waals surface area contributed by atoms with Gasteiger partial charge in [0.15, 0.2) is 6.61 Å². The summed E-state index contributed by atoms with van der Waals surface area (Å²) in [4.78, 5) is 40.5. The number of ether oxygens (including phenoxy) is 1. The van der Waals surface area contributed by atoms with Crippen LogP contribution in [0.1, 0.15) is 36.0 Å². The maximum absolute atomic E-state index is 12.9. The van der Waals surface area contributed by atoms with E-state index >= 15 is 0 Å². The summed E-state index contributed by atoms with van der Waals surface area (Å²) in [5, 5.41) is 2.73. The van der Waals surface area contributed by atoms with Gasteiger partial charge in [0, 0.05) is 37.7 Å². The van der Waals surface area contributed by atoms with Gasteiger partial charge in [-0.05, 0) is 37.5 Å². The van der Waals surface area contributed by atoms with Crippen LogP contribution in [0.4, 0.5) is 5.69 Å². The summed E-state index contributed by atoms with van der Waals surface area (Å²) in [5.74, 6) is 0.725. The first-order chi connectivity index (χ1) is 12.6. The molecule has 0 aromatic heterocycles. The molecule has 4 rings (SSSR count). The maximum atomic E-state index is 12.9. The molecule has 138 valence electrons. The van der Waals surface area contributed by atoms with Crippen LogP contribution in [-0.4, -0.2) is 60.3 Å². The number of carbonyl (C=O) groups is 3. The van der Waals surface area contributed by atoms with E-state index in [2.05, 4.69) is 5.32 Å². The first-order valence-corrected chi connectivity index (χ1v) is 9.26. The summed E-state index contributed by atoms with van der Waals surface area (Å²) in [6.45, 7) is 2.47. The van der Waals surface area contributed by atoms with E-state index in [1.807, 2.05) is 4.90 Å². The molecule has 26 heavy (non-hydrogen) atoms. The second-order valence-corrected chi connectivity index (χ2v) is 7.15. The van der Waals surface area contributed by atoms with E-state index in [4.69, 9.17) is 4.74 Å². The number of rotatable bonds is 2. The summed E-state index contributed by atoms with van der Waals surface area (Å²) < 4.78 is 5.33. The number of anilines is 1. The van der Waals surface area contributed by atoms with Gasteiger partial charge < -0.3 is 19.9 Å². The Bertz CT molecular complexity index is 744. The standard InChI is InChI=1S/C19H23N3O4/c23-17-12-26-16-6-5-14(11-15(16)20-17)19(25)22-8-2-7-21(9-10-22)18(24)13-3-1-4-13/h5-6,11,13H,1-4,7-10,12H2,(H,20,23). The van der Waals surface area contributed by atoms with Crippen LogP contribution in [0.2, 0.25) is 0 Å². The van der Waals surface area contributed by atoms with Crippen molar-refractivity contribution >= 4 is 23.4 Å². The fourth-order valence-corrected chi connectivity index (χ4v) is 3.65. The first-order valence-electron chi connectivity index (χ1n) is 9.26. The molecule has 3 amide bonds. The summed E-state index contributed by atoms with van der Waals surface area (Å²) in [5.41, 5.74) is 1.05. The number of hydrogen-bond donors (Lipinski definition) is 1. The van der Waals surface area contributed by atoms with Gasteiger partial charge in [-0.2, -0.15) is 0 Å². The minimum Gasteiger partial charge on any atom is -0.482 e.